The molecule has 5 nitrogen and oxygen atoms in total. The molecule has 1 saturated heterocycles. The number of rotatable bonds is 6. The number of likely N-dealkylation sites (tertiary alicyclic amines) is 1. The lowest BCUT2D eigenvalue weighted by Crippen LogP contribution is -2.38. The second-order valence-electron chi connectivity index (χ2n) is 6.12. The molecule has 0 radical (unpaired) electrons. The lowest BCUT2D eigenvalue weighted by Gasteiger charge is -2.32. The van der Waals surface area contributed by atoms with Crippen molar-refractivity contribution in [1.29, 1.82) is 0 Å². The largest absolute Gasteiger partial charge is 0.351 e. The maximum absolute atomic E-state index is 11.9. The maximum atomic E-state index is 11.9. The third kappa shape index (κ3) is 4.39. The molecule has 0 bridgehead atoms. The lowest BCUT2D eigenvalue weighted by molar-refractivity contribution is 0.0898. The number of nitrogens with one attached hydrogen (secondary N) is 1. The highest BCUT2D eigenvalue weighted by Crippen LogP contribution is 2.24. The molecular weight excluding hydrogens is 322 g/mol. The Hall–Kier alpha value is -1.79. The Bertz CT molecular complexity index is 652. The standard InChI is InChI=1S/C18H23N3O2S/c1-24-17-5-3-2-4-15(17)13-21-10-7-14(8-11-21)12-19-18(22)16-6-9-20-23-16/h2-6,9,14H,7-8,10-13H2,1H3,(H,19,22). The van der Waals surface area contributed by atoms with Gasteiger partial charge in [-0.2, -0.15) is 0 Å². The molecule has 1 fully saturated rings. The summed E-state index contributed by atoms with van der Waals surface area (Å²) in [6, 6.07) is 10.2. The molecule has 1 aliphatic heterocycles. The first-order valence-electron chi connectivity index (χ1n) is 8.29. The number of aromatic nitrogens is 1. The number of amides is 1. The summed E-state index contributed by atoms with van der Waals surface area (Å²) in [6.45, 7) is 3.86. The SMILES string of the molecule is CSc1ccccc1CN1CCC(CNC(=O)c2ccno2)CC1. The van der Waals surface area contributed by atoms with Crippen LogP contribution in [-0.2, 0) is 6.54 Å². The fourth-order valence-electron chi connectivity index (χ4n) is 3.08. The monoisotopic (exact) mass is 345 g/mol. The van der Waals surface area contributed by atoms with Gasteiger partial charge in [0.05, 0.1) is 6.20 Å². The molecule has 0 spiro atoms. The predicted octanol–water partition coefficient (Wildman–Crippen LogP) is 3.04. The summed E-state index contributed by atoms with van der Waals surface area (Å²) in [7, 11) is 0. The smallest absolute Gasteiger partial charge is 0.289 e. The van der Waals surface area contributed by atoms with E-state index in [1.807, 2.05) is 0 Å². The number of hydrogen-bond acceptors (Lipinski definition) is 5. The van der Waals surface area contributed by atoms with Gasteiger partial charge >= 0.3 is 0 Å². The molecule has 3 rings (SSSR count). The molecule has 128 valence electrons. The first kappa shape index (κ1) is 17.0. The van der Waals surface area contributed by atoms with Gasteiger partial charge in [-0.3, -0.25) is 9.69 Å². The normalized spacial score (nSPS) is 16.2. The molecule has 24 heavy (non-hydrogen) atoms. The Morgan fingerprint density at radius 1 is 1.33 bits per heavy atom. The van der Waals surface area contributed by atoms with E-state index >= 15 is 0 Å². The zero-order chi connectivity index (χ0) is 16.8. The molecule has 2 heterocycles. The summed E-state index contributed by atoms with van der Waals surface area (Å²) in [5.74, 6) is 0.633. The summed E-state index contributed by atoms with van der Waals surface area (Å²) < 4.78 is 4.87. The van der Waals surface area contributed by atoms with E-state index in [4.69, 9.17) is 4.52 Å². The quantitative estimate of drug-likeness (QED) is 0.816. The molecule has 1 amide bonds. The first-order chi connectivity index (χ1) is 11.8. The summed E-state index contributed by atoms with van der Waals surface area (Å²) in [4.78, 5) is 15.7. The highest BCUT2D eigenvalue weighted by atomic mass is 32.2. The summed E-state index contributed by atoms with van der Waals surface area (Å²) in [6.07, 6.45) is 5.83. The van der Waals surface area contributed by atoms with Gasteiger partial charge in [0, 0.05) is 24.1 Å². The molecule has 1 aliphatic rings. The van der Waals surface area contributed by atoms with E-state index in [-0.39, 0.29) is 11.7 Å². The number of nitrogens with zero attached hydrogens (tertiary/aromatic N) is 2. The highest BCUT2D eigenvalue weighted by Gasteiger charge is 2.21. The number of piperidine rings is 1. The minimum atomic E-state index is -0.177. The van der Waals surface area contributed by atoms with Gasteiger partial charge in [-0.25, -0.2) is 0 Å². The van der Waals surface area contributed by atoms with Crippen molar-refractivity contribution in [1.82, 2.24) is 15.4 Å². The van der Waals surface area contributed by atoms with Gasteiger partial charge in [-0.15, -0.1) is 11.8 Å². The molecule has 0 saturated carbocycles. The minimum Gasteiger partial charge on any atom is -0.351 e. The van der Waals surface area contributed by atoms with Crippen LogP contribution in [0.3, 0.4) is 0 Å². The number of hydrogen-bond donors (Lipinski definition) is 1. The van der Waals surface area contributed by atoms with E-state index < -0.39 is 0 Å². The third-order valence-corrected chi connectivity index (χ3v) is 5.34. The number of carbonyl (C=O) groups is 1. The fraction of sp³-hybridized carbons (Fsp3) is 0.444. The topological polar surface area (TPSA) is 58.4 Å². The number of carbonyl (C=O) groups excluding carboxylic acids is 1. The van der Waals surface area contributed by atoms with E-state index in [0.29, 0.717) is 12.5 Å². The van der Waals surface area contributed by atoms with Gasteiger partial charge in [0.1, 0.15) is 0 Å². The molecule has 1 N–H and O–H groups in total. The van der Waals surface area contributed by atoms with Crippen molar-refractivity contribution in [2.45, 2.75) is 24.3 Å². The van der Waals surface area contributed by atoms with E-state index in [0.717, 1.165) is 32.5 Å². The van der Waals surface area contributed by atoms with Gasteiger partial charge in [-0.1, -0.05) is 23.4 Å². The number of benzene rings is 1. The molecule has 0 atom stereocenters. The van der Waals surface area contributed by atoms with Gasteiger partial charge in [-0.05, 0) is 49.7 Å². The van der Waals surface area contributed by atoms with Crippen molar-refractivity contribution in [2.24, 2.45) is 5.92 Å². The lowest BCUT2D eigenvalue weighted by atomic mass is 9.96. The van der Waals surface area contributed by atoms with Gasteiger partial charge in [0.25, 0.3) is 5.91 Å². The van der Waals surface area contributed by atoms with E-state index in [1.165, 1.54) is 16.7 Å². The van der Waals surface area contributed by atoms with Crippen LogP contribution in [0.4, 0.5) is 0 Å². The zero-order valence-corrected chi connectivity index (χ0v) is 14.7. The summed E-state index contributed by atoms with van der Waals surface area (Å²) >= 11 is 1.81. The van der Waals surface area contributed by atoms with E-state index in [2.05, 4.69) is 45.9 Å². The predicted molar refractivity (Wildman–Crippen MR) is 95.1 cm³/mol. The highest BCUT2D eigenvalue weighted by molar-refractivity contribution is 7.98. The van der Waals surface area contributed by atoms with Crippen LogP contribution in [0.15, 0.2) is 45.9 Å². The molecule has 0 aliphatic carbocycles. The van der Waals surface area contributed by atoms with Gasteiger partial charge < -0.3 is 9.84 Å². The second-order valence-corrected chi connectivity index (χ2v) is 6.97. The van der Waals surface area contributed by atoms with Crippen LogP contribution >= 0.6 is 11.8 Å². The van der Waals surface area contributed by atoms with Gasteiger partial charge in [0.2, 0.25) is 5.76 Å². The summed E-state index contributed by atoms with van der Waals surface area (Å²) in [5, 5.41) is 6.50. The molecule has 0 unspecified atom stereocenters. The van der Waals surface area contributed by atoms with Crippen molar-refractivity contribution in [3.05, 3.63) is 47.9 Å². The zero-order valence-electron chi connectivity index (χ0n) is 13.9. The Balaban J connectivity index is 1.43. The Kier molecular flexibility index (Phi) is 5.93. The van der Waals surface area contributed by atoms with Crippen LogP contribution in [0.25, 0.3) is 0 Å². The Labute approximate surface area is 146 Å². The fourth-order valence-corrected chi connectivity index (χ4v) is 3.69. The van der Waals surface area contributed by atoms with Crippen LogP contribution in [0.1, 0.15) is 29.0 Å². The molecule has 2 aromatic rings. The molecule has 1 aromatic heterocycles. The second kappa shape index (κ2) is 8.35. The maximum Gasteiger partial charge on any atom is 0.289 e. The first-order valence-corrected chi connectivity index (χ1v) is 9.52. The van der Waals surface area contributed by atoms with E-state index in [1.54, 1.807) is 17.8 Å². The molecular formula is C18H23N3O2S. The van der Waals surface area contributed by atoms with Crippen molar-refractivity contribution >= 4 is 17.7 Å². The van der Waals surface area contributed by atoms with Crippen molar-refractivity contribution in [3.8, 4) is 0 Å². The average molecular weight is 345 g/mol. The van der Waals surface area contributed by atoms with Crippen molar-refractivity contribution in [2.75, 3.05) is 25.9 Å². The van der Waals surface area contributed by atoms with Crippen molar-refractivity contribution < 1.29 is 9.32 Å². The van der Waals surface area contributed by atoms with E-state index in [9.17, 15) is 4.79 Å². The number of thioether (sulfide) groups is 1. The third-order valence-electron chi connectivity index (χ3n) is 4.51. The van der Waals surface area contributed by atoms with Crippen LogP contribution < -0.4 is 5.32 Å². The Morgan fingerprint density at radius 3 is 2.83 bits per heavy atom. The Morgan fingerprint density at radius 2 is 2.12 bits per heavy atom. The van der Waals surface area contributed by atoms with Crippen LogP contribution in [0.5, 0.6) is 0 Å². The average Bonchev–Trinajstić information content (AvgIpc) is 3.16. The molecule has 1 aromatic carbocycles. The van der Waals surface area contributed by atoms with Crippen LogP contribution in [0.2, 0.25) is 0 Å². The summed E-state index contributed by atoms with van der Waals surface area (Å²) in [5.41, 5.74) is 1.40. The minimum absolute atomic E-state index is 0.177. The van der Waals surface area contributed by atoms with Crippen molar-refractivity contribution in [3.63, 3.8) is 0 Å². The van der Waals surface area contributed by atoms with Crippen LogP contribution in [-0.4, -0.2) is 41.9 Å². The van der Waals surface area contributed by atoms with Gasteiger partial charge in [0.15, 0.2) is 0 Å². The van der Waals surface area contributed by atoms with Crippen LogP contribution in [0, 0.1) is 5.92 Å². The molecule has 6 heteroatoms.